The number of benzene rings is 2. The maximum atomic E-state index is 14.1. The molecule has 0 saturated carbocycles. The zero-order chi connectivity index (χ0) is 17.7. The molecule has 1 amide bonds. The number of carbonyl (C=O) groups excluding carboxylic acids is 1. The van der Waals surface area contributed by atoms with Gasteiger partial charge in [-0.3, -0.25) is 4.79 Å². The summed E-state index contributed by atoms with van der Waals surface area (Å²) in [5.74, 6) is -0.534. The van der Waals surface area contributed by atoms with Crippen LogP contribution in [0.3, 0.4) is 0 Å². The van der Waals surface area contributed by atoms with Gasteiger partial charge in [-0.2, -0.15) is 4.39 Å². The number of rotatable bonds is 5. The third-order valence-corrected chi connectivity index (χ3v) is 4.72. The van der Waals surface area contributed by atoms with E-state index in [1.807, 2.05) is 0 Å². The minimum atomic E-state index is -4.36. The van der Waals surface area contributed by atoms with Crippen molar-refractivity contribution in [3.63, 3.8) is 0 Å². The van der Waals surface area contributed by atoms with Crippen molar-refractivity contribution in [2.24, 2.45) is 0 Å². The molecule has 0 radical (unpaired) electrons. The van der Waals surface area contributed by atoms with Crippen molar-refractivity contribution in [2.45, 2.75) is 11.8 Å². The molecule has 126 valence electrons. The number of ether oxygens (including phenoxy) is 1. The average Bonchev–Trinajstić information content (AvgIpc) is 2.55. The Balaban J connectivity index is 2.23. The lowest BCUT2D eigenvalue weighted by Crippen LogP contribution is -2.12. The van der Waals surface area contributed by atoms with Crippen LogP contribution >= 0.6 is 0 Å². The van der Waals surface area contributed by atoms with E-state index in [0.717, 1.165) is 5.56 Å². The standard InChI is InChI=1S/C17H16FNO4S/c1-12-7-9-13(10-8-12)24(21,22)16(18)11-17(20)19-14-5-3-4-6-15(14)23-2/h3-11H,1-2H3,(H,19,20). The normalized spacial score (nSPS) is 11.9. The Kier molecular flexibility index (Phi) is 5.35. The van der Waals surface area contributed by atoms with Gasteiger partial charge >= 0.3 is 0 Å². The molecule has 2 aromatic rings. The lowest BCUT2D eigenvalue weighted by molar-refractivity contribution is -0.112. The summed E-state index contributed by atoms with van der Waals surface area (Å²) in [6.45, 7) is 1.78. The number of methoxy groups -OCH3 is 1. The van der Waals surface area contributed by atoms with Crippen LogP contribution in [0.1, 0.15) is 5.56 Å². The van der Waals surface area contributed by atoms with Crippen LogP contribution in [-0.2, 0) is 14.6 Å². The second-order valence-corrected chi connectivity index (χ2v) is 6.82. The number of hydrogen-bond donors (Lipinski definition) is 1. The van der Waals surface area contributed by atoms with Gasteiger partial charge in [0.15, 0.2) is 0 Å². The average molecular weight is 349 g/mol. The van der Waals surface area contributed by atoms with Crippen molar-refractivity contribution < 1.29 is 22.3 Å². The molecule has 0 spiro atoms. The Morgan fingerprint density at radius 1 is 1.12 bits per heavy atom. The maximum absolute atomic E-state index is 14.1. The largest absolute Gasteiger partial charge is 0.495 e. The molecular weight excluding hydrogens is 333 g/mol. The Morgan fingerprint density at radius 3 is 2.38 bits per heavy atom. The predicted octanol–water partition coefficient (Wildman–Crippen LogP) is 3.23. The van der Waals surface area contributed by atoms with E-state index in [2.05, 4.69) is 5.32 Å². The Hall–Kier alpha value is -2.67. The fourth-order valence-corrected chi connectivity index (χ4v) is 2.91. The molecule has 2 rings (SSSR count). The van der Waals surface area contributed by atoms with Crippen molar-refractivity contribution >= 4 is 21.4 Å². The maximum Gasteiger partial charge on any atom is 0.252 e. The predicted molar refractivity (Wildman–Crippen MR) is 89.2 cm³/mol. The molecule has 0 bridgehead atoms. The monoisotopic (exact) mass is 349 g/mol. The summed E-state index contributed by atoms with van der Waals surface area (Å²) in [5.41, 5.74) is 1.15. The molecule has 7 heteroatoms. The van der Waals surface area contributed by atoms with Crippen LogP contribution in [0.2, 0.25) is 0 Å². The number of anilines is 1. The summed E-state index contributed by atoms with van der Waals surface area (Å²) in [4.78, 5) is 11.7. The second kappa shape index (κ2) is 7.27. The van der Waals surface area contributed by atoms with E-state index in [1.54, 1.807) is 43.3 Å². The molecule has 5 nitrogen and oxygen atoms in total. The fourth-order valence-electron chi connectivity index (χ4n) is 1.93. The number of amides is 1. The van der Waals surface area contributed by atoms with Gasteiger partial charge in [-0.05, 0) is 31.2 Å². The highest BCUT2D eigenvalue weighted by Gasteiger charge is 2.22. The third-order valence-electron chi connectivity index (χ3n) is 3.20. The highest BCUT2D eigenvalue weighted by atomic mass is 32.2. The molecule has 0 atom stereocenters. The minimum absolute atomic E-state index is 0.216. The second-order valence-electron chi connectivity index (χ2n) is 4.95. The van der Waals surface area contributed by atoms with Gasteiger partial charge < -0.3 is 10.1 Å². The van der Waals surface area contributed by atoms with Crippen LogP contribution in [0.15, 0.2) is 64.7 Å². The first kappa shape index (κ1) is 17.7. The van der Waals surface area contributed by atoms with Crippen molar-refractivity contribution in [3.05, 3.63) is 65.3 Å². The van der Waals surface area contributed by atoms with E-state index in [9.17, 15) is 17.6 Å². The molecule has 0 aliphatic rings. The SMILES string of the molecule is COc1ccccc1NC(=O)C=C(F)S(=O)(=O)c1ccc(C)cc1. The molecule has 0 saturated heterocycles. The van der Waals surface area contributed by atoms with Crippen LogP contribution in [-0.4, -0.2) is 21.4 Å². The Labute approximate surface area is 139 Å². The summed E-state index contributed by atoms with van der Waals surface area (Å²) < 4.78 is 43.3. The molecule has 2 aromatic carbocycles. The molecule has 1 N–H and O–H groups in total. The van der Waals surface area contributed by atoms with Gasteiger partial charge in [0.05, 0.1) is 23.8 Å². The lowest BCUT2D eigenvalue weighted by Gasteiger charge is -2.08. The number of carbonyl (C=O) groups is 1. The highest BCUT2D eigenvalue weighted by Crippen LogP contribution is 2.24. The lowest BCUT2D eigenvalue weighted by atomic mass is 10.2. The molecule has 0 fully saturated rings. The first-order chi connectivity index (χ1) is 11.3. The van der Waals surface area contributed by atoms with E-state index in [1.165, 1.54) is 19.2 Å². The summed E-state index contributed by atoms with van der Waals surface area (Å²) in [7, 11) is -2.94. The molecular formula is C17H16FNO4S. The zero-order valence-corrected chi connectivity index (χ0v) is 13.9. The number of sulfone groups is 1. The van der Waals surface area contributed by atoms with E-state index >= 15 is 0 Å². The van der Waals surface area contributed by atoms with Crippen molar-refractivity contribution in [1.82, 2.24) is 0 Å². The fraction of sp³-hybridized carbons (Fsp3) is 0.118. The number of para-hydroxylation sites is 2. The van der Waals surface area contributed by atoms with Gasteiger partial charge in [0.2, 0.25) is 15.0 Å². The molecule has 0 aromatic heterocycles. The molecule has 0 aliphatic carbocycles. The summed E-state index contributed by atoms with van der Waals surface area (Å²) in [6.07, 6.45) is 0.404. The minimum Gasteiger partial charge on any atom is -0.495 e. The quantitative estimate of drug-likeness (QED) is 0.841. The van der Waals surface area contributed by atoms with Gasteiger partial charge in [0.25, 0.3) is 5.91 Å². The van der Waals surface area contributed by atoms with E-state index < -0.39 is 20.9 Å². The first-order valence-electron chi connectivity index (χ1n) is 6.97. The van der Waals surface area contributed by atoms with Crippen LogP contribution in [0.25, 0.3) is 0 Å². The summed E-state index contributed by atoms with van der Waals surface area (Å²) >= 11 is 0. The molecule has 0 aliphatic heterocycles. The van der Waals surface area contributed by atoms with E-state index in [-0.39, 0.29) is 4.90 Å². The van der Waals surface area contributed by atoms with Crippen molar-refractivity contribution in [2.75, 3.05) is 12.4 Å². The third kappa shape index (κ3) is 3.99. The van der Waals surface area contributed by atoms with E-state index in [0.29, 0.717) is 17.5 Å². The van der Waals surface area contributed by atoms with E-state index in [4.69, 9.17) is 4.74 Å². The van der Waals surface area contributed by atoms with Gasteiger partial charge in [-0.15, -0.1) is 0 Å². The van der Waals surface area contributed by atoms with Crippen LogP contribution < -0.4 is 10.1 Å². The topological polar surface area (TPSA) is 72.5 Å². The van der Waals surface area contributed by atoms with Gasteiger partial charge in [0.1, 0.15) is 5.75 Å². The van der Waals surface area contributed by atoms with Gasteiger partial charge in [-0.1, -0.05) is 29.8 Å². The van der Waals surface area contributed by atoms with Gasteiger partial charge in [-0.25, -0.2) is 8.42 Å². The summed E-state index contributed by atoms with van der Waals surface area (Å²) in [5, 5.41) is 0.851. The summed E-state index contributed by atoms with van der Waals surface area (Å²) in [6, 6.07) is 12.2. The first-order valence-corrected chi connectivity index (χ1v) is 8.46. The van der Waals surface area contributed by atoms with Crippen molar-refractivity contribution in [3.8, 4) is 5.75 Å². The molecule has 0 unspecified atom stereocenters. The van der Waals surface area contributed by atoms with Crippen LogP contribution in [0.4, 0.5) is 10.1 Å². The number of aryl methyl sites for hydroxylation is 1. The number of nitrogens with one attached hydrogen (secondary N) is 1. The molecule has 0 heterocycles. The Morgan fingerprint density at radius 2 is 1.75 bits per heavy atom. The highest BCUT2D eigenvalue weighted by molar-refractivity contribution is 7.95. The van der Waals surface area contributed by atoms with Crippen LogP contribution in [0.5, 0.6) is 5.75 Å². The number of halogens is 1. The van der Waals surface area contributed by atoms with Gasteiger partial charge in [0, 0.05) is 0 Å². The Bertz CT molecular complexity index is 874. The van der Waals surface area contributed by atoms with Crippen molar-refractivity contribution in [1.29, 1.82) is 0 Å². The molecule has 24 heavy (non-hydrogen) atoms. The zero-order valence-electron chi connectivity index (χ0n) is 13.1. The van der Waals surface area contributed by atoms with Crippen LogP contribution in [0, 0.1) is 6.92 Å². The smallest absolute Gasteiger partial charge is 0.252 e. The number of hydrogen-bond acceptors (Lipinski definition) is 4.